The quantitative estimate of drug-likeness (QED) is 0.168. The first kappa shape index (κ1) is 33.1. The van der Waals surface area contributed by atoms with Crippen molar-refractivity contribution in [2.24, 2.45) is 0 Å². The Morgan fingerprint density at radius 1 is 0.421 bits per heavy atom. The Hall–Kier alpha value is -7.31. The molecule has 0 spiro atoms. The number of fused-ring (bicyclic) bond motifs is 7. The number of hydrogen-bond donors (Lipinski definition) is 0. The third kappa shape index (κ3) is 5.36. The number of alkyl halides is 3. The van der Waals surface area contributed by atoms with Crippen LogP contribution in [0.25, 0.3) is 104 Å². The van der Waals surface area contributed by atoms with Crippen molar-refractivity contribution in [2.75, 3.05) is 0 Å². The normalized spacial score (nSPS) is 12.1. The van der Waals surface area contributed by atoms with E-state index in [-0.39, 0.29) is 11.5 Å². The number of para-hydroxylation sites is 1. The highest BCUT2D eigenvalue weighted by Gasteiger charge is 2.32. The first-order valence-electron chi connectivity index (χ1n) is 18.8. The Bertz CT molecular complexity index is 3360. The minimum absolute atomic E-state index is 0.171. The van der Waals surface area contributed by atoms with Crippen LogP contribution in [-0.2, 0) is 6.18 Å². The van der Waals surface area contributed by atoms with Crippen LogP contribution in [0.5, 0.6) is 0 Å². The fourth-order valence-corrected chi connectivity index (χ4v) is 8.62. The standard InChI is InChI=1S/C51H30F3N3/c52-51(53,54)38-29-44(56-47(30-38)57-45-17-8-7-16-42(45)50-46(57)18-9-25-55-50)35-23-24-41-43(28-35)49(37-22-20-32-11-2-4-13-34(32)27-37)40-15-6-5-14-39(40)48(41)36-21-19-31-10-1-3-12-33(31)26-36/h1-30H. The van der Waals surface area contributed by atoms with Crippen molar-refractivity contribution >= 4 is 65.0 Å². The van der Waals surface area contributed by atoms with Crippen molar-refractivity contribution in [2.45, 2.75) is 6.18 Å². The van der Waals surface area contributed by atoms with Crippen molar-refractivity contribution < 1.29 is 13.2 Å². The van der Waals surface area contributed by atoms with Gasteiger partial charge in [-0.1, -0.05) is 127 Å². The predicted molar refractivity (Wildman–Crippen MR) is 228 cm³/mol. The van der Waals surface area contributed by atoms with Gasteiger partial charge in [-0.05, 0) is 114 Å². The second-order valence-electron chi connectivity index (χ2n) is 14.5. The highest BCUT2D eigenvalue weighted by Crippen LogP contribution is 2.46. The molecule has 57 heavy (non-hydrogen) atoms. The van der Waals surface area contributed by atoms with E-state index in [2.05, 4.69) is 89.9 Å². The van der Waals surface area contributed by atoms with Crippen molar-refractivity contribution in [1.29, 1.82) is 0 Å². The minimum Gasteiger partial charge on any atom is -0.292 e. The summed E-state index contributed by atoms with van der Waals surface area (Å²) in [6.45, 7) is 0. The minimum atomic E-state index is -4.62. The lowest BCUT2D eigenvalue weighted by Gasteiger charge is -2.19. The third-order valence-electron chi connectivity index (χ3n) is 11.2. The molecular weight excluding hydrogens is 712 g/mol. The van der Waals surface area contributed by atoms with E-state index >= 15 is 0 Å². The van der Waals surface area contributed by atoms with E-state index < -0.39 is 11.7 Å². The fourth-order valence-electron chi connectivity index (χ4n) is 8.62. The molecule has 0 amide bonds. The van der Waals surface area contributed by atoms with Gasteiger partial charge in [0.15, 0.2) is 0 Å². The molecule has 3 heterocycles. The van der Waals surface area contributed by atoms with Gasteiger partial charge in [-0.3, -0.25) is 9.55 Å². The van der Waals surface area contributed by atoms with Gasteiger partial charge in [-0.25, -0.2) is 4.98 Å². The van der Waals surface area contributed by atoms with Gasteiger partial charge < -0.3 is 0 Å². The summed E-state index contributed by atoms with van der Waals surface area (Å²) in [5.41, 5.74) is 6.30. The Morgan fingerprint density at radius 2 is 0.965 bits per heavy atom. The molecule has 11 rings (SSSR count). The van der Waals surface area contributed by atoms with Crippen LogP contribution in [0.4, 0.5) is 13.2 Å². The highest BCUT2D eigenvalue weighted by molar-refractivity contribution is 6.22. The number of pyridine rings is 2. The second-order valence-corrected chi connectivity index (χ2v) is 14.5. The zero-order valence-electron chi connectivity index (χ0n) is 30.3. The van der Waals surface area contributed by atoms with E-state index in [1.54, 1.807) is 16.8 Å². The van der Waals surface area contributed by atoms with Crippen LogP contribution in [0.2, 0.25) is 0 Å². The maximum absolute atomic E-state index is 14.9. The van der Waals surface area contributed by atoms with E-state index in [9.17, 15) is 13.2 Å². The number of nitrogens with zero attached hydrogens (tertiary/aromatic N) is 3. The maximum Gasteiger partial charge on any atom is 0.416 e. The van der Waals surface area contributed by atoms with E-state index in [1.807, 2.05) is 72.8 Å². The molecular formula is C51H30F3N3. The smallest absolute Gasteiger partial charge is 0.292 e. The number of benzene rings is 8. The Morgan fingerprint density at radius 3 is 1.63 bits per heavy atom. The van der Waals surface area contributed by atoms with Gasteiger partial charge >= 0.3 is 6.18 Å². The van der Waals surface area contributed by atoms with Gasteiger partial charge in [0.1, 0.15) is 5.82 Å². The molecule has 3 aromatic heterocycles. The van der Waals surface area contributed by atoms with Crippen LogP contribution >= 0.6 is 0 Å². The van der Waals surface area contributed by atoms with Crippen LogP contribution in [0.3, 0.4) is 0 Å². The van der Waals surface area contributed by atoms with Gasteiger partial charge in [0.05, 0.1) is 27.8 Å². The van der Waals surface area contributed by atoms with Crippen LogP contribution in [0, 0.1) is 0 Å². The first-order chi connectivity index (χ1) is 27.9. The van der Waals surface area contributed by atoms with Crippen LogP contribution in [0.1, 0.15) is 5.56 Å². The summed E-state index contributed by atoms with van der Waals surface area (Å²) in [4.78, 5) is 9.63. The highest BCUT2D eigenvalue weighted by atomic mass is 19.4. The molecule has 0 saturated carbocycles. The van der Waals surface area contributed by atoms with E-state index in [1.165, 1.54) is 0 Å². The average Bonchev–Trinajstić information content (AvgIpc) is 3.59. The molecule has 6 heteroatoms. The first-order valence-corrected chi connectivity index (χ1v) is 18.8. The zero-order valence-corrected chi connectivity index (χ0v) is 30.3. The summed E-state index contributed by atoms with van der Waals surface area (Å²) >= 11 is 0. The lowest BCUT2D eigenvalue weighted by Crippen LogP contribution is -2.09. The summed E-state index contributed by atoms with van der Waals surface area (Å²) < 4.78 is 46.4. The van der Waals surface area contributed by atoms with E-state index in [0.29, 0.717) is 16.6 Å². The molecule has 0 aliphatic rings. The van der Waals surface area contributed by atoms with Crippen molar-refractivity contribution in [3.05, 3.63) is 188 Å². The molecule has 0 aliphatic heterocycles. The molecule has 11 aromatic rings. The lowest BCUT2D eigenvalue weighted by molar-refractivity contribution is -0.137. The number of rotatable bonds is 4. The molecule has 0 bridgehead atoms. The molecule has 3 nitrogen and oxygen atoms in total. The summed E-state index contributed by atoms with van der Waals surface area (Å²) in [7, 11) is 0. The van der Waals surface area contributed by atoms with Crippen molar-refractivity contribution in [3.8, 4) is 39.3 Å². The number of aromatic nitrogens is 3. The van der Waals surface area contributed by atoms with Gasteiger partial charge in [0, 0.05) is 17.1 Å². The molecule has 0 radical (unpaired) electrons. The second kappa shape index (κ2) is 12.6. The monoisotopic (exact) mass is 741 g/mol. The predicted octanol–water partition coefficient (Wildman–Crippen LogP) is 14.2. The van der Waals surface area contributed by atoms with Crippen LogP contribution < -0.4 is 0 Å². The summed E-state index contributed by atoms with van der Waals surface area (Å²) in [6, 6.07) is 57.6. The molecule has 0 atom stereocenters. The molecule has 0 fully saturated rings. The average molecular weight is 742 g/mol. The maximum atomic E-state index is 14.9. The Labute approximate surface area is 324 Å². The molecule has 270 valence electrons. The van der Waals surface area contributed by atoms with Crippen molar-refractivity contribution in [1.82, 2.24) is 14.5 Å². The van der Waals surface area contributed by atoms with Gasteiger partial charge in [0.2, 0.25) is 0 Å². The summed E-state index contributed by atoms with van der Waals surface area (Å²) in [6.07, 6.45) is -2.92. The van der Waals surface area contributed by atoms with E-state index in [4.69, 9.17) is 4.98 Å². The summed E-state index contributed by atoms with van der Waals surface area (Å²) in [5, 5.41) is 9.41. The van der Waals surface area contributed by atoms with E-state index in [0.717, 1.165) is 88.4 Å². The Kier molecular flexibility index (Phi) is 7.32. The van der Waals surface area contributed by atoms with Gasteiger partial charge in [0.25, 0.3) is 0 Å². The fraction of sp³-hybridized carbons (Fsp3) is 0.0196. The largest absolute Gasteiger partial charge is 0.416 e. The number of halogens is 3. The molecule has 0 aliphatic carbocycles. The van der Waals surface area contributed by atoms with Crippen molar-refractivity contribution in [3.63, 3.8) is 0 Å². The topological polar surface area (TPSA) is 30.7 Å². The number of hydrogen-bond acceptors (Lipinski definition) is 2. The molecule has 0 N–H and O–H groups in total. The SMILES string of the molecule is FC(F)(F)c1cc(-c2ccc3c(-c4ccc5ccccc5c4)c4ccccc4c(-c4ccc5ccccc5c4)c3c2)nc(-n2c3ccccc3c3ncccc32)c1. The molecule has 0 unspecified atom stereocenters. The van der Waals surface area contributed by atoms with Crippen LogP contribution in [-0.4, -0.2) is 14.5 Å². The molecule has 0 saturated heterocycles. The lowest BCUT2D eigenvalue weighted by atomic mass is 9.84. The van der Waals surface area contributed by atoms with Gasteiger partial charge in [-0.15, -0.1) is 0 Å². The van der Waals surface area contributed by atoms with Crippen LogP contribution in [0.15, 0.2) is 182 Å². The summed E-state index contributed by atoms with van der Waals surface area (Å²) in [5.74, 6) is 0.171. The Balaban J connectivity index is 1.22. The third-order valence-corrected chi connectivity index (χ3v) is 11.2. The van der Waals surface area contributed by atoms with Gasteiger partial charge in [-0.2, -0.15) is 13.2 Å². The zero-order chi connectivity index (χ0) is 38.3. The molecule has 8 aromatic carbocycles.